The molecule has 0 radical (unpaired) electrons. The van der Waals surface area contributed by atoms with Crippen LogP contribution in [0.15, 0.2) is 63.5 Å². The van der Waals surface area contributed by atoms with Crippen LogP contribution in [0.4, 0.5) is 5.69 Å². The van der Waals surface area contributed by atoms with E-state index in [-0.39, 0.29) is 12.2 Å². The quantitative estimate of drug-likeness (QED) is 0.423. The zero-order valence-corrected chi connectivity index (χ0v) is 22.7. The van der Waals surface area contributed by atoms with Gasteiger partial charge in [0.15, 0.2) is 16.3 Å². The number of methoxy groups -OCH3 is 1. The van der Waals surface area contributed by atoms with Crippen molar-refractivity contribution < 1.29 is 19.0 Å². The highest BCUT2D eigenvalue weighted by atomic mass is 32.1. The summed E-state index contributed by atoms with van der Waals surface area (Å²) in [6.07, 6.45) is 1.85. The number of esters is 1. The van der Waals surface area contributed by atoms with Crippen LogP contribution in [0.25, 0.3) is 6.08 Å². The number of hydrogen-bond donors (Lipinski definition) is 0. The predicted molar refractivity (Wildman–Crippen MR) is 145 cm³/mol. The van der Waals surface area contributed by atoms with E-state index in [2.05, 4.69) is 4.99 Å². The fourth-order valence-corrected chi connectivity index (χ4v) is 5.30. The summed E-state index contributed by atoms with van der Waals surface area (Å²) in [6.45, 7) is 6.10. The monoisotopic (exact) mass is 521 g/mol. The summed E-state index contributed by atoms with van der Waals surface area (Å²) in [5.74, 6) is 0.594. The van der Waals surface area contributed by atoms with Crippen LogP contribution in [0.1, 0.15) is 37.9 Å². The second kappa shape index (κ2) is 11.0. The van der Waals surface area contributed by atoms with Gasteiger partial charge in [-0.05, 0) is 62.2 Å². The molecule has 2 heterocycles. The van der Waals surface area contributed by atoms with Crippen molar-refractivity contribution in [2.24, 2.45) is 4.99 Å². The van der Waals surface area contributed by atoms with Crippen molar-refractivity contribution in [2.45, 2.75) is 26.8 Å². The number of carbonyl (C=O) groups excluding carboxylic acids is 1. The van der Waals surface area contributed by atoms with E-state index in [1.807, 2.05) is 62.3 Å². The molecule has 37 heavy (non-hydrogen) atoms. The first-order valence-corrected chi connectivity index (χ1v) is 12.9. The average molecular weight is 522 g/mol. The average Bonchev–Trinajstić information content (AvgIpc) is 3.18. The van der Waals surface area contributed by atoms with E-state index in [0.717, 1.165) is 11.3 Å². The van der Waals surface area contributed by atoms with Crippen molar-refractivity contribution in [1.29, 1.82) is 0 Å². The SMILES string of the molecule is CCOC(=O)C1=C(C)N=c2s/c(=C\c3ccc(N(C)C)cc3)c(=O)n2C1c1ccc(OCC)c(OC)c1. The van der Waals surface area contributed by atoms with E-state index >= 15 is 0 Å². The van der Waals surface area contributed by atoms with Gasteiger partial charge in [-0.25, -0.2) is 9.79 Å². The Hall–Kier alpha value is -3.85. The highest BCUT2D eigenvalue weighted by Crippen LogP contribution is 2.36. The first-order chi connectivity index (χ1) is 17.8. The normalized spacial score (nSPS) is 15.2. The molecule has 4 rings (SSSR count). The number of hydrogen-bond acceptors (Lipinski definition) is 8. The molecule has 9 heteroatoms. The number of benzene rings is 2. The van der Waals surface area contributed by atoms with Gasteiger partial charge in [0.1, 0.15) is 0 Å². The lowest BCUT2D eigenvalue weighted by molar-refractivity contribution is -0.139. The Balaban J connectivity index is 1.91. The Morgan fingerprint density at radius 3 is 2.46 bits per heavy atom. The Kier molecular flexibility index (Phi) is 7.83. The van der Waals surface area contributed by atoms with E-state index in [1.54, 1.807) is 37.7 Å². The van der Waals surface area contributed by atoms with Crippen LogP contribution >= 0.6 is 11.3 Å². The maximum atomic E-state index is 13.8. The van der Waals surface area contributed by atoms with Crippen LogP contribution in [0, 0.1) is 0 Å². The molecule has 0 spiro atoms. The summed E-state index contributed by atoms with van der Waals surface area (Å²) in [6, 6.07) is 12.6. The third kappa shape index (κ3) is 5.17. The molecule has 0 bridgehead atoms. The fourth-order valence-electron chi connectivity index (χ4n) is 4.26. The lowest BCUT2D eigenvalue weighted by Gasteiger charge is -2.25. The summed E-state index contributed by atoms with van der Waals surface area (Å²) in [5.41, 5.74) is 3.27. The third-order valence-corrected chi connectivity index (χ3v) is 7.01. The number of nitrogens with zero attached hydrogens (tertiary/aromatic N) is 3. The van der Waals surface area contributed by atoms with Crippen LogP contribution < -0.4 is 29.3 Å². The number of anilines is 1. The predicted octanol–water partition coefficient (Wildman–Crippen LogP) is 3.27. The van der Waals surface area contributed by atoms with Crippen molar-refractivity contribution in [1.82, 2.24) is 4.57 Å². The van der Waals surface area contributed by atoms with Gasteiger partial charge in [-0.15, -0.1) is 0 Å². The van der Waals surface area contributed by atoms with Crippen molar-refractivity contribution in [3.05, 3.63) is 84.5 Å². The first-order valence-electron chi connectivity index (χ1n) is 12.1. The summed E-state index contributed by atoms with van der Waals surface area (Å²) >= 11 is 1.29. The molecule has 1 aliphatic heterocycles. The van der Waals surface area contributed by atoms with E-state index in [9.17, 15) is 9.59 Å². The minimum Gasteiger partial charge on any atom is -0.493 e. The maximum Gasteiger partial charge on any atom is 0.338 e. The molecular formula is C28H31N3O5S. The molecule has 0 amide bonds. The van der Waals surface area contributed by atoms with Crippen LogP contribution in [-0.4, -0.2) is 45.0 Å². The van der Waals surface area contributed by atoms with Gasteiger partial charge in [-0.1, -0.05) is 29.5 Å². The minimum atomic E-state index is -0.724. The summed E-state index contributed by atoms with van der Waals surface area (Å²) in [5, 5.41) is 0. The number of allylic oxidation sites excluding steroid dienone is 1. The van der Waals surface area contributed by atoms with Gasteiger partial charge in [0.05, 0.1) is 42.2 Å². The highest BCUT2D eigenvalue weighted by Gasteiger charge is 2.33. The Morgan fingerprint density at radius 1 is 1.11 bits per heavy atom. The Labute approximate surface area is 219 Å². The van der Waals surface area contributed by atoms with E-state index in [1.165, 1.54) is 11.3 Å². The number of aromatic nitrogens is 1. The van der Waals surface area contributed by atoms with Crippen molar-refractivity contribution in [3.63, 3.8) is 0 Å². The molecule has 8 nitrogen and oxygen atoms in total. The van der Waals surface area contributed by atoms with Gasteiger partial charge in [0.2, 0.25) is 0 Å². The maximum absolute atomic E-state index is 13.8. The summed E-state index contributed by atoms with van der Waals surface area (Å²) in [4.78, 5) is 34.0. The number of carbonyl (C=O) groups is 1. The number of rotatable bonds is 8. The Morgan fingerprint density at radius 2 is 1.84 bits per heavy atom. The largest absolute Gasteiger partial charge is 0.493 e. The molecular weight excluding hydrogens is 490 g/mol. The number of thiazole rings is 1. The van der Waals surface area contributed by atoms with Gasteiger partial charge < -0.3 is 19.1 Å². The topological polar surface area (TPSA) is 82.4 Å². The number of fused-ring (bicyclic) bond motifs is 1. The summed E-state index contributed by atoms with van der Waals surface area (Å²) in [7, 11) is 5.51. The molecule has 3 aromatic rings. The number of ether oxygens (including phenoxy) is 3. The van der Waals surface area contributed by atoms with E-state index in [4.69, 9.17) is 14.2 Å². The highest BCUT2D eigenvalue weighted by molar-refractivity contribution is 7.07. The molecule has 1 unspecified atom stereocenters. The zero-order chi connectivity index (χ0) is 26.7. The lowest BCUT2D eigenvalue weighted by Crippen LogP contribution is -2.40. The van der Waals surface area contributed by atoms with Crippen molar-refractivity contribution in [3.8, 4) is 11.5 Å². The molecule has 0 aliphatic carbocycles. The van der Waals surface area contributed by atoms with Crippen molar-refractivity contribution >= 4 is 29.1 Å². The van der Waals surface area contributed by atoms with Gasteiger partial charge in [0.25, 0.3) is 5.56 Å². The van der Waals surface area contributed by atoms with Crippen LogP contribution in [-0.2, 0) is 9.53 Å². The van der Waals surface area contributed by atoms with E-state index in [0.29, 0.717) is 44.3 Å². The second-order valence-electron chi connectivity index (χ2n) is 8.63. The molecule has 194 valence electrons. The molecule has 2 aromatic carbocycles. The lowest BCUT2D eigenvalue weighted by atomic mass is 9.95. The van der Waals surface area contributed by atoms with Crippen LogP contribution in [0.3, 0.4) is 0 Å². The second-order valence-corrected chi connectivity index (χ2v) is 9.64. The molecule has 0 N–H and O–H groups in total. The minimum absolute atomic E-state index is 0.211. The smallest absolute Gasteiger partial charge is 0.338 e. The van der Waals surface area contributed by atoms with Crippen LogP contribution in [0.5, 0.6) is 11.5 Å². The fraction of sp³-hybridized carbons (Fsp3) is 0.321. The van der Waals surface area contributed by atoms with Gasteiger partial charge in [-0.2, -0.15) is 0 Å². The molecule has 0 saturated heterocycles. The molecule has 1 atom stereocenters. The Bertz CT molecular complexity index is 1520. The molecule has 0 fully saturated rings. The zero-order valence-electron chi connectivity index (χ0n) is 21.9. The first kappa shape index (κ1) is 26.2. The molecule has 1 aliphatic rings. The van der Waals surface area contributed by atoms with Crippen molar-refractivity contribution in [2.75, 3.05) is 39.3 Å². The molecule has 1 aromatic heterocycles. The summed E-state index contributed by atoms with van der Waals surface area (Å²) < 4.78 is 18.7. The third-order valence-electron chi connectivity index (χ3n) is 6.03. The molecule has 0 saturated carbocycles. The van der Waals surface area contributed by atoms with E-state index < -0.39 is 12.0 Å². The van der Waals surface area contributed by atoms with Gasteiger partial charge >= 0.3 is 5.97 Å². The van der Waals surface area contributed by atoms with Gasteiger partial charge in [0, 0.05) is 19.8 Å². The standard InChI is InChI=1S/C28H31N3O5S/c1-7-35-21-14-11-19(16-22(21)34-6)25-24(27(33)36-8-2)17(3)29-28-31(25)26(32)23(37-28)15-18-9-12-20(13-10-18)30(4)5/h9-16,25H,7-8H2,1-6H3/b23-15-. The van der Waals surface area contributed by atoms with Gasteiger partial charge in [-0.3, -0.25) is 9.36 Å². The van der Waals surface area contributed by atoms with Crippen LogP contribution in [0.2, 0.25) is 0 Å².